The van der Waals surface area contributed by atoms with Crippen molar-refractivity contribution < 1.29 is 4.39 Å². The van der Waals surface area contributed by atoms with Crippen LogP contribution in [0, 0.1) is 5.82 Å². The van der Waals surface area contributed by atoms with Gasteiger partial charge in [-0.05, 0) is 37.6 Å². The summed E-state index contributed by atoms with van der Waals surface area (Å²) in [6.07, 6.45) is 3.42. The van der Waals surface area contributed by atoms with Gasteiger partial charge in [0.1, 0.15) is 11.6 Å². The second-order valence-corrected chi connectivity index (χ2v) is 6.19. The number of nitrogens with zero attached hydrogens (tertiary/aromatic N) is 4. The van der Waals surface area contributed by atoms with Gasteiger partial charge in [0, 0.05) is 20.1 Å². The summed E-state index contributed by atoms with van der Waals surface area (Å²) in [6.45, 7) is 4.28. The van der Waals surface area contributed by atoms with Crippen molar-refractivity contribution in [3.8, 4) is 0 Å². The van der Waals surface area contributed by atoms with Gasteiger partial charge < -0.3 is 4.57 Å². The van der Waals surface area contributed by atoms with Crippen molar-refractivity contribution >= 4 is 34.9 Å². The van der Waals surface area contributed by atoms with Crippen LogP contribution in [0.1, 0.15) is 25.2 Å². The second kappa shape index (κ2) is 6.92. The van der Waals surface area contributed by atoms with E-state index in [0.717, 1.165) is 0 Å². The van der Waals surface area contributed by atoms with Crippen molar-refractivity contribution in [1.82, 2.24) is 18.7 Å². The smallest absolute Gasteiger partial charge is 0.322 e. The fourth-order valence-corrected chi connectivity index (χ4v) is 3.07. The summed E-state index contributed by atoms with van der Waals surface area (Å²) in [4.78, 5) is 29.5. The zero-order chi connectivity index (χ0) is 19.0. The fourth-order valence-electron chi connectivity index (χ4n) is 2.88. The maximum Gasteiger partial charge on any atom is 0.332 e. The summed E-state index contributed by atoms with van der Waals surface area (Å²) in [5, 5.41) is 0.0304. The van der Waals surface area contributed by atoms with Gasteiger partial charge in [-0.15, -0.1) is 0 Å². The lowest BCUT2D eigenvalue weighted by molar-refractivity contribution is 0.604. The van der Waals surface area contributed by atoms with E-state index in [9.17, 15) is 14.0 Å². The van der Waals surface area contributed by atoms with Crippen LogP contribution in [0.5, 0.6) is 0 Å². The van der Waals surface area contributed by atoms with Gasteiger partial charge in [-0.2, -0.15) is 0 Å². The third-order valence-corrected chi connectivity index (χ3v) is 4.57. The van der Waals surface area contributed by atoms with Gasteiger partial charge in [0.05, 0.1) is 5.02 Å². The maximum absolute atomic E-state index is 13.3. The second-order valence-electron chi connectivity index (χ2n) is 5.78. The van der Waals surface area contributed by atoms with Gasteiger partial charge in [-0.25, -0.2) is 14.2 Å². The predicted molar refractivity (Wildman–Crippen MR) is 101 cm³/mol. The molecular weight excluding hydrogens is 359 g/mol. The van der Waals surface area contributed by atoms with Gasteiger partial charge in [-0.3, -0.25) is 13.9 Å². The summed E-state index contributed by atoms with van der Waals surface area (Å²) in [5.74, 6) is 0.0200. The number of rotatable bonds is 4. The number of benzene rings is 1. The quantitative estimate of drug-likeness (QED) is 0.703. The van der Waals surface area contributed by atoms with Gasteiger partial charge >= 0.3 is 5.69 Å². The van der Waals surface area contributed by atoms with Crippen molar-refractivity contribution in [1.29, 1.82) is 0 Å². The summed E-state index contributed by atoms with van der Waals surface area (Å²) >= 11 is 5.79. The van der Waals surface area contributed by atoms with E-state index in [2.05, 4.69) is 4.98 Å². The molecule has 0 aliphatic rings. The minimum atomic E-state index is -0.487. The molecule has 0 radical (unpaired) electrons. The Morgan fingerprint density at radius 3 is 2.46 bits per heavy atom. The van der Waals surface area contributed by atoms with Crippen LogP contribution in [0.25, 0.3) is 23.3 Å². The highest BCUT2D eigenvalue weighted by molar-refractivity contribution is 6.30. The molecule has 6 nitrogen and oxygen atoms in total. The highest BCUT2D eigenvalue weighted by Gasteiger charge is 2.17. The highest BCUT2D eigenvalue weighted by atomic mass is 35.5. The molecule has 0 atom stereocenters. The molecule has 2 heterocycles. The van der Waals surface area contributed by atoms with Gasteiger partial charge in [0.2, 0.25) is 0 Å². The lowest BCUT2D eigenvalue weighted by atomic mass is 10.2. The minimum absolute atomic E-state index is 0.0304. The van der Waals surface area contributed by atoms with Crippen molar-refractivity contribution in [3.05, 3.63) is 61.3 Å². The topological polar surface area (TPSA) is 61.8 Å². The van der Waals surface area contributed by atoms with Crippen LogP contribution in [-0.4, -0.2) is 18.7 Å². The van der Waals surface area contributed by atoms with E-state index in [0.29, 0.717) is 29.1 Å². The first kappa shape index (κ1) is 18.1. The third-order valence-electron chi connectivity index (χ3n) is 4.28. The van der Waals surface area contributed by atoms with Crippen LogP contribution in [0.3, 0.4) is 0 Å². The van der Waals surface area contributed by atoms with Crippen LogP contribution in [0.15, 0.2) is 27.8 Å². The van der Waals surface area contributed by atoms with E-state index in [4.69, 9.17) is 11.6 Å². The van der Waals surface area contributed by atoms with Crippen molar-refractivity contribution in [2.45, 2.75) is 26.9 Å². The number of hydrogen-bond donors (Lipinski definition) is 0. The lowest BCUT2D eigenvalue weighted by Gasteiger charge is -2.08. The summed E-state index contributed by atoms with van der Waals surface area (Å²) in [6, 6.07) is 4.38. The van der Waals surface area contributed by atoms with Crippen LogP contribution < -0.4 is 11.2 Å². The zero-order valence-corrected chi connectivity index (χ0v) is 15.4. The molecular formula is C18H18ClFN4O2. The first-order valence-electron chi connectivity index (χ1n) is 8.22. The van der Waals surface area contributed by atoms with E-state index in [1.807, 2.05) is 6.92 Å². The maximum atomic E-state index is 13.3. The molecule has 8 heteroatoms. The molecule has 2 aromatic heterocycles. The van der Waals surface area contributed by atoms with Gasteiger partial charge in [-0.1, -0.05) is 23.7 Å². The fraction of sp³-hybridized carbons (Fsp3) is 0.278. The SMILES string of the molecule is CCn1c(=O)c2c(nc(C=Cc3ccc(F)c(Cl)c3)n2C)n(CC)c1=O. The third kappa shape index (κ3) is 2.88. The predicted octanol–water partition coefficient (Wildman–Crippen LogP) is 2.90. The molecule has 3 rings (SSSR count). The molecule has 0 spiro atoms. The summed E-state index contributed by atoms with van der Waals surface area (Å²) in [5.41, 5.74) is 0.682. The zero-order valence-electron chi connectivity index (χ0n) is 14.7. The van der Waals surface area contributed by atoms with Gasteiger partial charge in [0.15, 0.2) is 11.2 Å². The Labute approximate surface area is 153 Å². The van der Waals surface area contributed by atoms with E-state index in [1.54, 1.807) is 36.8 Å². The summed E-state index contributed by atoms with van der Waals surface area (Å²) < 4.78 is 17.6. The molecule has 26 heavy (non-hydrogen) atoms. The average molecular weight is 377 g/mol. The molecule has 0 bridgehead atoms. The van der Waals surface area contributed by atoms with Crippen molar-refractivity contribution in [3.63, 3.8) is 0 Å². The molecule has 0 aliphatic heterocycles. The Morgan fingerprint density at radius 1 is 1.15 bits per heavy atom. The van der Waals surface area contributed by atoms with Crippen molar-refractivity contribution in [2.24, 2.45) is 7.05 Å². The van der Waals surface area contributed by atoms with Crippen LogP contribution in [-0.2, 0) is 20.1 Å². The van der Waals surface area contributed by atoms with Crippen molar-refractivity contribution in [2.75, 3.05) is 0 Å². The number of imidazole rings is 1. The minimum Gasteiger partial charge on any atom is -0.322 e. The Balaban J connectivity index is 2.19. The molecule has 0 unspecified atom stereocenters. The Kier molecular flexibility index (Phi) is 4.82. The normalized spacial score (nSPS) is 11.7. The number of halogens is 2. The molecule has 1 aromatic carbocycles. The molecule has 0 saturated heterocycles. The number of aryl methyl sites for hydroxylation is 2. The van der Waals surface area contributed by atoms with E-state index < -0.39 is 5.82 Å². The molecule has 3 aromatic rings. The van der Waals surface area contributed by atoms with Crippen LogP contribution >= 0.6 is 11.6 Å². The summed E-state index contributed by atoms with van der Waals surface area (Å²) in [7, 11) is 1.72. The Morgan fingerprint density at radius 2 is 1.85 bits per heavy atom. The molecule has 0 saturated carbocycles. The van der Waals surface area contributed by atoms with E-state index in [-0.39, 0.29) is 22.8 Å². The van der Waals surface area contributed by atoms with Crippen LogP contribution in [0.4, 0.5) is 4.39 Å². The Bertz CT molecular complexity index is 1140. The monoisotopic (exact) mass is 376 g/mol. The largest absolute Gasteiger partial charge is 0.332 e. The number of aromatic nitrogens is 4. The highest BCUT2D eigenvalue weighted by Crippen LogP contribution is 2.18. The first-order valence-corrected chi connectivity index (χ1v) is 8.60. The molecule has 0 N–H and O–H groups in total. The van der Waals surface area contributed by atoms with Crippen LogP contribution in [0.2, 0.25) is 5.02 Å². The molecule has 136 valence electrons. The Hall–Kier alpha value is -2.67. The standard InChI is InChI=1S/C18H18ClFN4O2/c1-4-23-16-15(17(25)24(5-2)18(23)26)22(3)14(21-16)9-7-11-6-8-13(20)12(19)10-11/h6-10H,4-5H2,1-3H3. The molecule has 0 amide bonds. The molecule has 0 aliphatic carbocycles. The van der Waals surface area contributed by atoms with E-state index in [1.165, 1.54) is 21.3 Å². The van der Waals surface area contributed by atoms with Gasteiger partial charge in [0.25, 0.3) is 5.56 Å². The average Bonchev–Trinajstić information content (AvgIpc) is 2.93. The van der Waals surface area contributed by atoms with E-state index >= 15 is 0 Å². The molecule has 0 fully saturated rings. The number of hydrogen-bond acceptors (Lipinski definition) is 3. The number of fused-ring (bicyclic) bond motifs is 1. The first-order chi connectivity index (χ1) is 12.4. The lowest BCUT2D eigenvalue weighted by Crippen LogP contribution is -2.39.